The van der Waals surface area contributed by atoms with Crippen LogP contribution in [0.5, 0.6) is 5.75 Å². The van der Waals surface area contributed by atoms with Crippen molar-refractivity contribution < 1.29 is 4.74 Å². The monoisotopic (exact) mass is 274 g/mol. The first kappa shape index (κ1) is 12.6. The average Bonchev–Trinajstić information content (AvgIpc) is 3.11. The van der Waals surface area contributed by atoms with Crippen molar-refractivity contribution in [1.29, 1.82) is 0 Å². The first-order valence-corrected chi connectivity index (χ1v) is 7.51. The number of nitrogens with zero attached hydrogens (tertiary/aromatic N) is 2. The van der Waals surface area contributed by atoms with Crippen molar-refractivity contribution in [3.05, 3.63) is 46.4 Å². The lowest BCUT2D eigenvalue weighted by Gasteiger charge is -2.24. The molecule has 0 bridgehead atoms. The normalized spacial score (nSPS) is 19.7. The largest absolute Gasteiger partial charge is 0.497 e. The van der Waals surface area contributed by atoms with Crippen LogP contribution in [0, 0.1) is 0 Å². The smallest absolute Gasteiger partial charge is 0.119 e. The molecule has 3 rings (SSSR count). The minimum Gasteiger partial charge on any atom is -0.497 e. The molecule has 0 radical (unpaired) electrons. The highest BCUT2D eigenvalue weighted by Crippen LogP contribution is 2.34. The van der Waals surface area contributed by atoms with Crippen molar-refractivity contribution in [2.75, 3.05) is 13.7 Å². The van der Waals surface area contributed by atoms with Crippen molar-refractivity contribution in [3.63, 3.8) is 0 Å². The number of hydrogen-bond acceptors (Lipinski definition) is 4. The maximum Gasteiger partial charge on any atom is 0.119 e. The van der Waals surface area contributed by atoms with Crippen molar-refractivity contribution in [2.24, 2.45) is 0 Å². The molecule has 1 aromatic heterocycles. The van der Waals surface area contributed by atoms with E-state index in [4.69, 9.17) is 4.74 Å². The zero-order valence-corrected chi connectivity index (χ0v) is 11.9. The van der Waals surface area contributed by atoms with E-state index >= 15 is 0 Å². The molecule has 1 aliphatic heterocycles. The number of ether oxygens (including phenoxy) is 1. The zero-order valence-electron chi connectivity index (χ0n) is 11.1. The highest BCUT2D eigenvalue weighted by atomic mass is 32.1. The van der Waals surface area contributed by atoms with Gasteiger partial charge in [0.2, 0.25) is 0 Å². The Morgan fingerprint density at radius 1 is 1.47 bits per heavy atom. The summed E-state index contributed by atoms with van der Waals surface area (Å²) in [4.78, 5) is 6.92. The summed E-state index contributed by atoms with van der Waals surface area (Å²) < 4.78 is 5.33. The number of rotatable bonds is 4. The molecule has 0 spiro atoms. The van der Waals surface area contributed by atoms with Crippen LogP contribution in [0.4, 0.5) is 0 Å². The minimum absolute atomic E-state index is 0.499. The minimum atomic E-state index is 0.499. The Morgan fingerprint density at radius 2 is 2.42 bits per heavy atom. The van der Waals surface area contributed by atoms with Crippen LogP contribution in [0.1, 0.15) is 29.5 Å². The summed E-state index contributed by atoms with van der Waals surface area (Å²) in [5.41, 5.74) is 1.36. The summed E-state index contributed by atoms with van der Waals surface area (Å²) in [6.07, 6.45) is 4.36. The Kier molecular flexibility index (Phi) is 3.80. The molecule has 1 saturated heterocycles. The van der Waals surface area contributed by atoms with Gasteiger partial charge in [-0.25, -0.2) is 4.98 Å². The molecule has 3 nitrogen and oxygen atoms in total. The lowest BCUT2D eigenvalue weighted by Crippen LogP contribution is -2.22. The molecule has 1 unspecified atom stereocenters. The quantitative estimate of drug-likeness (QED) is 0.853. The molecule has 1 fully saturated rings. The number of hydrogen-bond donors (Lipinski definition) is 0. The van der Waals surface area contributed by atoms with Crippen LogP contribution >= 0.6 is 11.3 Å². The molecule has 2 aromatic rings. The third-order valence-corrected chi connectivity index (χ3v) is 4.43. The fraction of sp³-hybridized carbons (Fsp3) is 0.400. The van der Waals surface area contributed by atoms with E-state index in [9.17, 15) is 0 Å². The summed E-state index contributed by atoms with van der Waals surface area (Å²) in [5, 5.41) is 3.25. The third kappa shape index (κ3) is 2.80. The second-order valence-electron chi connectivity index (χ2n) is 4.83. The van der Waals surface area contributed by atoms with Gasteiger partial charge in [-0.15, -0.1) is 11.3 Å². The molecule has 0 aliphatic carbocycles. The fourth-order valence-electron chi connectivity index (χ4n) is 2.75. The zero-order chi connectivity index (χ0) is 13.1. The van der Waals surface area contributed by atoms with E-state index in [-0.39, 0.29) is 0 Å². The van der Waals surface area contributed by atoms with Crippen molar-refractivity contribution in [1.82, 2.24) is 9.88 Å². The van der Waals surface area contributed by atoms with E-state index in [2.05, 4.69) is 28.1 Å². The van der Waals surface area contributed by atoms with Crippen LogP contribution in [0.2, 0.25) is 0 Å². The van der Waals surface area contributed by atoms with E-state index in [1.807, 2.05) is 17.6 Å². The molecule has 1 atom stereocenters. The lowest BCUT2D eigenvalue weighted by atomic mass is 10.0. The van der Waals surface area contributed by atoms with Crippen molar-refractivity contribution >= 4 is 11.3 Å². The Bertz CT molecular complexity index is 527. The maximum absolute atomic E-state index is 5.33. The van der Waals surface area contributed by atoms with Crippen LogP contribution < -0.4 is 4.74 Å². The van der Waals surface area contributed by atoms with Gasteiger partial charge in [0.1, 0.15) is 10.8 Å². The number of aromatic nitrogens is 1. The standard InChI is InChI=1S/C15H18N2OS/c1-18-13-5-2-4-12(10-13)14-6-3-8-17(14)11-15-16-7-9-19-15/h2,4-5,7,9-10,14H,3,6,8,11H2,1H3. The van der Waals surface area contributed by atoms with Gasteiger partial charge in [-0.1, -0.05) is 12.1 Å². The van der Waals surface area contributed by atoms with Gasteiger partial charge >= 0.3 is 0 Å². The van der Waals surface area contributed by atoms with Crippen LogP contribution in [-0.2, 0) is 6.54 Å². The van der Waals surface area contributed by atoms with Gasteiger partial charge in [0.05, 0.1) is 13.7 Å². The predicted octanol–water partition coefficient (Wildman–Crippen LogP) is 3.49. The van der Waals surface area contributed by atoms with Gasteiger partial charge in [0, 0.05) is 17.6 Å². The van der Waals surface area contributed by atoms with Gasteiger partial charge in [-0.05, 0) is 37.1 Å². The Balaban J connectivity index is 1.78. The van der Waals surface area contributed by atoms with Crippen LogP contribution in [-0.4, -0.2) is 23.5 Å². The molecule has 1 aromatic carbocycles. The number of benzene rings is 1. The SMILES string of the molecule is COc1cccc(C2CCCN2Cc2nccs2)c1. The summed E-state index contributed by atoms with van der Waals surface area (Å²) in [6.45, 7) is 2.11. The summed E-state index contributed by atoms with van der Waals surface area (Å²) in [7, 11) is 1.72. The molecule has 2 heterocycles. The van der Waals surface area contributed by atoms with Crippen molar-refractivity contribution in [2.45, 2.75) is 25.4 Å². The third-order valence-electron chi connectivity index (χ3n) is 3.66. The van der Waals surface area contributed by atoms with E-state index in [0.29, 0.717) is 6.04 Å². The molecule has 19 heavy (non-hydrogen) atoms. The number of likely N-dealkylation sites (tertiary alicyclic amines) is 1. The average molecular weight is 274 g/mol. The van der Waals surface area contributed by atoms with Crippen LogP contribution in [0.25, 0.3) is 0 Å². The Hall–Kier alpha value is -1.39. The lowest BCUT2D eigenvalue weighted by molar-refractivity contribution is 0.247. The summed E-state index contributed by atoms with van der Waals surface area (Å²) in [5.74, 6) is 0.943. The number of thiazole rings is 1. The van der Waals surface area contributed by atoms with Gasteiger partial charge in [-0.3, -0.25) is 4.90 Å². The second kappa shape index (κ2) is 5.72. The second-order valence-corrected chi connectivity index (χ2v) is 5.81. The highest BCUT2D eigenvalue weighted by Gasteiger charge is 2.26. The molecule has 0 amide bonds. The topological polar surface area (TPSA) is 25.4 Å². The van der Waals surface area contributed by atoms with Gasteiger partial charge in [0.25, 0.3) is 0 Å². The molecular weight excluding hydrogens is 256 g/mol. The van der Waals surface area contributed by atoms with Crippen LogP contribution in [0.3, 0.4) is 0 Å². The molecule has 4 heteroatoms. The molecule has 0 saturated carbocycles. The molecule has 100 valence electrons. The van der Waals surface area contributed by atoms with E-state index in [0.717, 1.165) is 18.8 Å². The first-order valence-electron chi connectivity index (χ1n) is 6.63. The van der Waals surface area contributed by atoms with E-state index < -0.39 is 0 Å². The molecule has 0 N–H and O–H groups in total. The predicted molar refractivity (Wildman–Crippen MR) is 77.5 cm³/mol. The Morgan fingerprint density at radius 3 is 3.21 bits per heavy atom. The fourth-order valence-corrected chi connectivity index (χ4v) is 3.39. The first-order chi connectivity index (χ1) is 9.36. The van der Waals surface area contributed by atoms with Crippen molar-refractivity contribution in [3.8, 4) is 5.75 Å². The van der Waals surface area contributed by atoms with E-state index in [1.165, 1.54) is 23.4 Å². The van der Waals surface area contributed by atoms with Gasteiger partial charge in [0.15, 0.2) is 0 Å². The number of methoxy groups -OCH3 is 1. The highest BCUT2D eigenvalue weighted by molar-refractivity contribution is 7.09. The molecule has 1 aliphatic rings. The van der Waals surface area contributed by atoms with Crippen LogP contribution in [0.15, 0.2) is 35.8 Å². The van der Waals surface area contributed by atoms with Gasteiger partial charge < -0.3 is 4.74 Å². The summed E-state index contributed by atoms with van der Waals surface area (Å²) in [6, 6.07) is 8.94. The summed E-state index contributed by atoms with van der Waals surface area (Å²) >= 11 is 1.74. The van der Waals surface area contributed by atoms with Gasteiger partial charge in [-0.2, -0.15) is 0 Å². The maximum atomic E-state index is 5.33. The Labute approximate surface area is 117 Å². The van der Waals surface area contributed by atoms with E-state index in [1.54, 1.807) is 18.4 Å². The molecular formula is C15H18N2OS.